The van der Waals surface area contributed by atoms with Crippen molar-refractivity contribution < 1.29 is 14.7 Å². The summed E-state index contributed by atoms with van der Waals surface area (Å²) >= 11 is 3.12. The first-order valence-corrected chi connectivity index (χ1v) is 9.15. The maximum absolute atomic E-state index is 12.5. The van der Waals surface area contributed by atoms with Gasteiger partial charge < -0.3 is 10.4 Å². The van der Waals surface area contributed by atoms with Gasteiger partial charge in [-0.3, -0.25) is 4.79 Å². The molecule has 2 N–H and O–H groups in total. The van der Waals surface area contributed by atoms with Gasteiger partial charge in [0.05, 0.1) is 10.3 Å². The number of amides is 1. The van der Waals surface area contributed by atoms with Crippen LogP contribution in [0.1, 0.15) is 53.4 Å². The largest absolute Gasteiger partial charge is 0.478 e. The highest BCUT2D eigenvalue weighted by Crippen LogP contribution is 2.42. The Hall–Kier alpha value is -1.01. The lowest BCUT2D eigenvalue weighted by molar-refractivity contribution is -0.118. The van der Waals surface area contributed by atoms with Crippen LogP contribution in [0.4, 0.5) is 5.00 Å². The van der Waals surface area contributed by atoms with Gasteiger partial charge in [-0.05, 0) is 56.8 Å². The van der Waals surface area contributed by atoms with Crippen molar-refractivity contribution in [2.45, 2.75) is 50.2 Å². The molecule has 1 atom stereocenters. The molecule has 3 rings (SSSR count). The minimum atomic E-state index is -0.922. The van der Waals surface area contributed by atoms with E-state index in [4.69, 9.17) is 0 Å². The lowest BCUT2D eigenvalue weighted by Gasteiger charge is -2.21. The molecular formula is C15H19NO3S2. The molecule has 1 unspecified atom stereocenters. The third kappa shape index (κ3) is 2.71. The first-order valence-electron chi connectivity index (χ1n) is 7.34. The van der Waals surface area contributed by atoms with E-state index in [1.54, 1.807) is 11.8 Å². The van der Waals surface area contributed by atoms with Gasteiger partial charge in [0, 0.05) is 4.88 Å². The van der Waals surface area contributed by atoms with E-state index in [1.807, 2.05) is 6.92 Å². The van der Waals surface area contributed by atoms with Crippen molar-refractivity contribution in [3.63, 3.8) is 0 Å². The fourth-order valence-corrected chi connectivity index (χ4v) is 5.56. The van der Waals surface area contributed by atoms with Crippen molar-refractivity contribution in [1.29, 1.82) is 0 Å². The van der Waals surface area contributed by atoms with E-state index < -0.39 is 10.7 Å². The van der Waals surface area contributed by atoms with Crippen LogP contribution in [0, 0.1) is 0 Å². The Morgan fingerprint density at radius 1 is 1.24 bits per heavy atom. The van der Waals surface area contributed by atoms with Crippen molar-refractivity contribution in [3.05, 3.63) is 16.0 Å². The van der Waals surface area contributed by atoms with E-state index in [2.05, 4.69) is 5.32 Å². The van der Waals surface area contributed by atoms with Gasteiger partial charge in [-0.15, -0.1) is 23.1 Å². The number of thiophene rings is 1. The van der Waals surface area contributed by atoms with Crippen molar-refractivity contribution >= 4 is 40.0 Å². The molecule has 1 aliphatic heterocycles. The van der Waals surface area contributed by atoms with E-state index in [0.29, 0.717) is 10.6 Å². The average molecular weight is 325 g/mol. The number of carboxylic acids is 1. The van der Waals surface area contributed by atoms with E-state index in [0.717, 1.165) is 54.7 Å². The lowest BCUT2D eigenvalue weighted by Crippen LogP contribution is -2.34. The van der Waals surface area contributed by atoms with Gasteiger partial charge in [-0.2, -0.15) is 0 Å². The minimum Gasteiger partial charge on any atom is -0.478 e. The fraction of sp³-hybridized carbons (Fsp3) is 0.600. The topological polar surface area (TPSA) is 66.4 Å². The van der Waals surface area contributed by atoms with Crippen LogP contribution >= 0.6 is 23.1 Å². The third-order valence-corrected chi connectivity index (χ3v) is 7.04. The smallest absolute Gasteiger partial charge is 0.339 e. The zero-order valence-electron chi connectivity index (χ0n) is 12.0. The Labute approximate surface area is 132 Å². The summed E-state index contributed by atoms with van der Waals surface area (Å²) < 4.78 is -0.416. The first kappa shape index (κ1) is 14.9. The van der Waals surface area contributed by atoms with Gasteiger partial charge in [-0.25, -0.2) is 4.79 Å². The number of nitrogens with one attached hydrogen (secondary N) is 1. The van der Waals surface area contributed by atoms with Crippen LogP contribution in [0.2, 0.25) is 0 Å². The number of hydrogen-bond acceptors (Lipinski definition) is 4. The monoisotopic (exact) mass is 325 g/mol. The van der Waals surface area contributed by atoms with Gasteiger partial charge in [0.15, 0.2) is 0 Å². The normalized spacial score (nSPS) is 24.6. The van der Waals surface area contributed by atoms with Crippen LogP contribution in [-0.4, -0.2) is 27.5 Å². The molecule has 0 radical (unpaired) electrons. The van der Waals surface area contributed by atoms with Crippen LogP contribution in [0.5, 0.6) is 0 Å². The molecule has 0 saturated carbocycles. The molecule has 21 heavy (non-hydrogen) atoms. The van der Waals surface area contributed by atoms with Crippen LogP contribution in [0.15, 0.2) is 0 Å². The summed E-state index contributed by atoms with van der Waals surface area (Å²) in [5, 5.41) is 12.9. The molecule has 2 aliphatic rings. The molecule has 1 saturated heterocycles. The number of thioether (sulfide) groups is 1. The number of hydrogen-bond donors (Lipinski definition) is 2. The predicted octanol–water partition coefficient (Wildman–Crippen LogP) is 3.55. The number of fused-ring (bicyclic) bond motifs is 1. The minimum absolute atomic E-state index is 0.0499. The molecule has 6 heteroatoms. The standard InChI is InChI=1S/C15H19NO3S2/c1-15(7-4-8-20-15)14(19)16-12-11(13(17)18)9-5-2-3-6-10(9)21-12/h2-8H2,1H3,(H,16,19)(H,17,18). The quantitative estimate of drug-likeness (QED) is 0.892. The molecular weight excluding hydrogens is 306 g/mol. The maximum Gasteiger partial charge on any atom is 0.339 e. The van der Waals surface area contributed by atoms with Crippen LogP contribution in [0.3, 0.4) is 0 Å². The molecule has 4 nitrogen and oxygen atoms in total. The molecule has 1 aromatic heterocycles. The molecule has 1 aliphatic carbocycles. The van der Waals surface area contributed by atoms with Gasteiger partial charge in [0.25, 0.3) is 0 Å². The number of anilines is 1. The molecule has 0 spiro atoms. The molecule has 114 valence electrons. The number of carboxylic acid groups (broad SMARTS) is 1. The summed E-state index contributed by atoms with van der Waals surface area (Å²) in [6.45, 7) is 1.95. The van der Waals surface area contributed by atoms with Gasteiger partial charge >= 0.3 is 5.97 Å². The molecule has 1 aromatic rings. The highest BCUT2D eigenvalue weighted by atomic mass is 32.2. The van der Waals surface area contributed by atoms with Gasteiger partial charge in [-0.1, -0.05) is 0 Å². The van der Waals surface area contributed by atoms with Crippen molar-refractivity contribution in [2.75, 3.05) is 11.1 Å². The molecule has 0 aromatic carbocycles. The molecule has 1 amide bonds. The lowest BCUT2D eigenvalue weighted by atomic mass is 9.95. The van der Waals surface area contributed by atoms with Crippen molar-refractivity contribution in [3.8, 4) is 0 Å². The van der Waals surface area contributed by atoms with Gasteiger partial charge in [0.1, 0.15) is 5.00 Å². The summed E-state index contributed by atoms with van der Waals surface area (Å²) in [5.74, 6) is 0.0245. The summed E-state index contributed by atoms with van der Waals surface area (Å²) in [5.41, 5.74) is 1.27. The number of aryl methyl sites for hydroxylation is 1. The van der Waals surface area contributed by atoms with E-state index >= 15 is 0 Å². The summed E-state index contributed by atoms with van der Waals surface area (Å²) in [6.07, 6.45) is 5.79. The van der Waals surface area contributed by atoms with Crippen LogP contribution < -0.4 is 5.32 Å². The predicted molar refractivity (Wildman–Crippen MR) is 86.6 cm³/mol. The Bertz CT molecular complexity index is 588. The Balaban J connectivity index is 1.90. The van der Waals surface area contributed by atoms with E-state index in [9.17, 15) is 14.7 Å². The number of aromatic carboxylic acids is 1. The highest BCUT2D eigenvalue weighted by molar-refractivity contribution is 8.01. The van der Waals surface area contributed by atoms with Gasteiger partial charge in [0.2, 0.25) is 5.91 Å². The van der Waals surface area contributed by atoms with Crippen LogP contribution in [0.25, 0.3) is 0 Å². The Morgan fingerprint density at radius 3 is 2.67 bits per heavy atom. The highest BCUT2D eigenvalue weighted by Gasteiger charge is 2.38. The number of carbonyl (C=O) groups is 2. The Kier molecular flexibility index (Phi) is 4.01. The fourth-order valence-electron chi connectivity index (χ4n) is 3.07. The summed E-state index contributed by atoms with van der Waals surface area (Å²) in [4.78, 5) is 25.2. The summed E-state index contributed by atoms with van der Waals surface area (Å²) in [6, 6.07) is 0. The van der Waals surface area contributed by atoms with Crippen LogP contribution in [-0.2, 0) is 17.6 Å². The van der Waals surface area contributed by atoms with E-state index in [-0.39, 0.29) is 5.91 Å². The molecule has 2 heterocycles. The summed E-state index contributed by atoms with van der Waals surface area (Å²) in [7, 11) is 0. The second-order valence-corrected chi connectivity index (χ2v) is 8.56. The zero-order valence-corrected chi connectivity index (χ0v) is 13.7. The zero-order chi connectivity index (χ0) is 15.0. The van der Waals surface area contributed by atoms with E-state index in [1.165, 1.54) is 11.3 Å². The molecule has 0 bridgehead atoms. The third-order valence-electron chi connectivity index (χ3n) is 4.31. The Morgan fingerprint density at radius 2 is 2.00 bits per heavy atom. The number of carbonyl (C=O) groups excluding carboxylic acids is 1. The second kappa shape index (κ2) is 5.65. The average Bonchev–Trinajstić information content (AvgIpc) is 3.02. The van der Waals surface area contributed by atoms with Crippen molar-refractivity contribution in [2.24, 2.45) is 0 Å². The SMILES string of the molecule is CC1(C(=O)Nc2sc3c(c2C(=O)O)CCCC3)CCCS1. The second-order valence-electron chi connectivity index (χ2n) is 5.86. The molecule has 1 fully saturated rings. The van der Waals surface area contributed by atoms with Crippen molar-refractivity contribution in [1.82, 2.24) is 0 Å². The maximum atomic E-state index is 12.5. The number of rotatable bonds is 3. The first-order chi connectivity index (χ1) is 10.0.